The van der Waals surface area contributed by atoms with E-state index in [4.69, 9.17) is 11.6 Å². The second kappa shape index (κ2) is 4.42. The van der Waals surface area contributed by atoms with Gasteiger partial charge in [-0.2, -0.15) is 0 Å². The Hall–Kier alpha value is -1.09. The molecule has 0 aliphatic carbocycles. The second-order valence-electron chi connectivity index (χ2n) is 3.07. The van der Waals surface area contributed by atoms with Crippen LogP contribution >= 0.6 is 11.6 Å². The van der Waals surface area contributed by atoms with Crippen LogP contribution in [0.2, 0.25) is 0 Å². The number of carbonyl (C=O) groups excluding carboxylic acids is 1. The van der Waals surface area contributed by atoms with E-state index in [9.17, 15) is 9.18 Å². The van der Waals surface area contributed by atoms with Crippen molar-refractivity contribution < 1.29 is 9.18 Å². The average molecular weight is 216 g/mol. The van der Waals surface area contributed by atoms with Crippen LogP contribution in [0.4, 0.5) is 10.1 Å². The zero-order valence-corrected chi connectivity index (χ0v) is 8.73. The summed E-state index contributed by atoms with van der Waals surface area (Å²) < 4.78 is 13.0. The quantitative estimate of drug-likeness (QED) is 0.756. The number of carbonyl (C=O) groups is 1. The van der Waals surface area contributed by atoms with Gasteiger partial charge in [-0.05, 0) is 31.5 Å². The first-order valence-corrected chi connectivity index (χ1v) is 4.65. The third-order valence-corrected chi connectivity index (χ3v) is 2.00. The lowest BCUT2D eigenvalue weighted by Gasteiger charge is -2.07. The van der Waals surface area contributed by atoms with Crippen LogP contribution in [0.15, 0.2) is 18.2 Å². The van der Waals surface area contributed by atoms with Crippen molar-refractivity contribution in [1.82, 2.24) is 0 Å². The van der Waals surface area contributed by atoms with Crippen molar-refractivity contribution in [2.24, 2.45) is 0 Å². The summed E-state index contributed by atoms with van der Waals surface area (Å²) >= 11 is 5.54. The van der Waals surface area contributed by atoms with E-state index in [0.29, 0.717) is 11.3 Å². The number of halogens is 2. The molecular weight excluding hydrogens is 205 g/mol. The molecule has 1 atom stereocenters. The van der Waals surface area contributed by atoms with E-state index < -0.39 is 5.38 Å². The molecule has 1 aromatic rings. The van der Waals surface area contributed by atoms with Gasteiger partial charge in [0, 0.05) is 5.69 Å². The molecule has 1 aromatic carbocycles. The third-order valence-electron chi connectivity index (χ3n) is 1.80. The molecule has 0 bridgehead atoms. The van der Waals surface area contributed by atoms with Gasteiger partial charge in [-0.15, -0.1) is 11.6 Å². The molecule has 0 aliphatic heterocycles. The predicted molar refractivity (Wildman–Crippen MR) is 55.1 cm³/mol. The number of rotatable bonds is 2. The fraction of sp³-hybridized carbons (Fsp3) is 0.300. The zero-order valence-electron chi connectivity index (χ0n) is 7.97. The minimum atomic E-state index is -0.626. The number of alkyl halides is 1. The number of hydrogen-bond donors (Lipinski definition) is 1. The van der Waals surface area contributed by atoms with Crippen molar-refractivity contribution in [1.29, 1.82) is 0 Å². The molecule has 2 nitrogen and oxygen atoms in total. The summed E-state index contributed by atoms with van der Waals surface area (Å²) in [6, 6.07) is 4.51. The number of benzene rings is 1. The first-order chi connectivity index (χ1) is 6.50. The molecule has 4 heteroatoms. The normalized spacial score (nSPS) is 12.3. The standard InChI is InChI=1S/C10H11ClFNO/c1-6-3-4-8(5-9(6)12)13-10(14)7(2)11/h3-5,7H,1-2H3,(H,13,14)/t7-/m1/s1. The lowest BCUT2D eigenvalue weighted by molar-refractivity contribution is -0.115. The zero-order chi connectivity index (χ0) is 10.7. The maximum Gasteiger partial charge on any atom is 0.242 e. The monoisotopic (exact) mass is 215 g/mol. The highest BCUT2D eigenvalue weighted by Crippen LogP contribution is 2.14. The van der Waals surface area contributed by atoms with Crippen LogP contribution in [0.1, 0.15) is 12.5 Å². The molecule has 0 spiro atoms. The van der Waals surface area contributed by atoms with Gasteiger partial charge < -0.3 is 5.32 Å². The van der Waals surface area contributed by atoms with Crippen molar-refractivity contribution in [3.8, 4) is 0 Å². The minimum Gasteiger partial charge on any atom is -0.325 e. The maximum absolute atomic E-state index is 13.0. The summed E-state index contributed by atoms with van der Waals surface area (Å²) in [5.74, 6) is -0.681. The molecule has 0 heterocycles. The van der Waals surface area contributed by atoms with E-state index in [-0.39, 0.29) is 11.7 Å². The molecule has 0 aromatic heterocycles. The third kappa shape index (κ3) is 2.70. The lowest BCUT2D eigenvalue weighted by atomic mass is 10.2. The van der Waals surface area contributed by atoms with Crippen molar-refractivity contribution in [3.63, 3.8) is 0 Å². The second-order valence-corrected chi connectivity index (χ2v) is 3.72. The molecule has 0 radical (unpaired) electrons. The molecule has 0 saturated heterocycles. The van der Waals surface area contributed by atoms with E-state index >= 15 is 0 Å². The Morgan fingerprint density at radius 3 is 2.71 bits per heavy atom. The Morgan fingerprint density at radius 1 is 1.57 bits per heavy atom. The molecule has 1 amide bonds. The number of anilines is 1. The Bertz CT molecular complexity index is 352. The Labute approximate surface area is 87.1 Å². The van der Waals surface area contributed by atoms with Crippen LogP contribution in [-0.4, -0.2) is 11.3 Å². The van der Waals surface area contributed by atoms with Crippen molar-refractivity contribution >= 4 is 23.2 Å². The summed E-state index contributed by atoms with van der Waals surface area (Å²) in [6.07, 6.45) is 0. The molecule has 0 fully saturated rings. The van der Waals surface area contributed by atoms with E-state index in [1.807, 2.05) is 0 Å². The van der Waals surface area contributed by atoms with Gasteiger partial charge in [-0.1, -0.05) is 6.07 Å². The molecular formula is C10H11ClFNO. The maximum atomic E-state index is 13.0. The summed E-state index contributed by atoms with van der Waals surface area (Å²) in [5.41, 5.74) is 0.965. The van der Waals surface area contributed by atoms with E-state index in [2.05, 4.69) is 5.32 Å². The van der Waals surface area contributed by atoms with Crippen molar-refractivity contribution in [3.05, 3.63) is 29.6 Å². The summed E-state index contributed by atoms with van der Waals surface area (Å²) in [4.78, 5) is 11.1. The SMILES string of the molecule is Cc1ccc(NC(=O)[C@@H](C)Cl)cc1F. The molecule has 1 rings (SSSR count). The van der Waals surface area contributed by atoms with Crippen LogP contribution in [0.5, 0.6) is 0 Å². The largest absolute Gasteiger partial charge is 0.325 e. The number of nitrogens with one attached hydrogen (secondary N) is 1. The highest BCUT2D eigenvalue weighted by atomic mass is 35.5. The highest BCUT2D eigenvalue weighted by molar-refractivity contribution is 6.32. The van der Waals surface area contributed by atoms with Gasteiger partial charge in [0.2, 0.25) is 5.91 Å². The van der Waals surface area contributed by atoms with Crippen LogP contribution in [0, 0.1) is 12.7 Å². The van der Waals surface area contributed by atoms with Crippen molar-refractivity contribution in [2.75, 3.05) is 5.32 Å². The van der Waals surface area contributed by atoms with Gasteiger partial charge in [0.1, 0.15) is 11.2 Å². The topological polar surface area (TPSA) is 29.1 Å². The van der Waals surface area contributed by atoms with Gasteiger partial charge in [-0.3, -0.25) is 4.79 Å². The molecule has 0 saturated carbocycles. The fourth-order valence-electron chi connectivity index (χ4n) is 0.912. The Balaban J connectivity index is 2.78. The Morgan fingerprint density at radius 2 is 2.21 bits per heavy atom. The van der Waals surface area contributed by atoms with Crippen LogP contribution in [0.3, 0.4) is 0 Å². The van der Waals surface area contributed by atoms with E-state index in [1.54, 1.807) is 26.0 Å². The van der Waals surface area contributed by atoms with Crippen LogP contribution in [-0.2, 0) is 4.79 Å². The van der Waals surface area contributed by atoms with Gasteiger partial charge in [-0.25, -0.2) is 4.39 Å². The molecule has 1 N–H and O–H groups in total. The molecule has 14 heavy (non-hydrogen) atoms. The van der Waals surface area contributed by atoms with Crippen LogP contribution in [0.25, 0.3) is 0 Å². The van der Waals surface area contributed by atoms with Gasteiger partial charge in [0.25, 0.3) is 0 Å². The van der Waals surface area contributed by atoms with Gasteiger partial charge in [0.15, 0.2) is 0 Å². The molecule has 0 aliphatic rings. The number of aryl methyl sites for hydroxylation is 1. The fourth-order valence-corrected chi connectivity index (χ4v) is 0.967. The van der Waals surface area contributed by atoms with Gasteiger partial charge >= 0.3 is 0 Å². The van der Waals surface area contributed by atoms with Crippen LogP contribution < -0.4 is 5.32 Å². The first kappa shape index (κ1) is 11.0. The smallest absolute Gasteiger partial charge is 0.242 e. The highest BCUT2D eigenvalue weighted by Gasteiger charge is 2.09. The van der Waals surface area contributed by atoms with Gasteiger partial charge in [0.05, 0.1) is 0 Å². The van der Waals surface area contributed by atoms with E-state index in [1.165, 1.54) is 6.07 Å². The predicted octanol–water partition coefficient (Wildman–Crippen LogP) is 2.70. The summed E-state index contributed by atoms with van der Waals surface area (Å²) in [5, 5.41) is 1.87. The molecule has 76 valence electrons. The van der Waals surface area contributed by atoms with E-state index in [0.717, 1.165) is 0 Å². The van der Waals surface area contributed by atoms with Crippen molar-refractivity contribution in [2.45, 2.75) is 19.2 Å². The lowest BCUT2D eigenvalue weighted by Crippen LogP contribution is -2.20. The Kier molecular flexibility index (Phi) is 3.47. The minimum absolute atomic E-state index is 0.338. The molecule has 0 unspecified atom stereocenters. The number of amides is 1. The average Bonchev–Trinajstić information content (AvgIpc) is 2.11. The summed E-state index contributed by atoms with van der Waals surface area (Å²) in [6.45, 7) is 3.21. The summed E-state index contributed by atoms with van der Waals surface area (Å²) in [7, 11) is 0. The number of hydrogen-bond acceptors (Lipinski definition) is 1. The first-order valence-electron chi connectivity index (χ1n) is 4.22.